The molecule has 74 valence electrons. The van der Waals surface area contributed by atoms with Gasteiger partial charge in [0.05, 0.1) is 0 Å². The van der Waals surface area contributed by atoms with Crippen LogP contribution in [0.15, 0.2) is 0 Å². The molecule has 5 heteroatoms. The zero-order valence-corrected chi connectivity index (χ0v) is 8.03. The molecule has 0 atom stereocenters. The zero-order chi connectivity index (χ0) is 10.4. The fourth-order valence-electron chi connectivity index (χ4n) is 1.54. The van der Waals surface area contributed by atoms with E-state index in [2.05, 4.69) is 0 Å². The lowest BCUT2D eigenvalue weighted by Crippen LogP contribution is -2.39. The Morgan fingerprint density at radius 3 is 2.00 bits per heavy atom. The summed E-state index contributed by atoms with van der Waals surface area (Å²) in [7, 11) is 0. The van der Waals surface area contributed by atoms with Crippen molar-refractivity contribution in [1.29, 1.82) is 15.9 Å². The van der Waals surface area contributed by atoms with Crippen molar-refractivity contribution < 1.29 is 0 Å². The third kappa shape index (κ3) is 2.37. The van der Waals surface area contributed by atoms with Gasteiger partial charge in [-0.1, -0.05) is 12.8 Å². The fraction of sp³-hybridized carbons (Fsp3) is 0.667. The van der Waals surface area contributed by atoms with E-state index in [0.29, 0.717) is 0 Å². The van der Waals surface area contributed by atoms with Crippen LogP contribution in [0.1, 0.15) is 25.7 Å². The monoisotopic (exact) mass is 191 g/mol. The van der Waals surface area contributed by atoms with Crippen LogP contribution in [0.25, 0.3) is 0 Å². The van der Waals surface area contributed by atoms with Crippen LogP contribution < -0.4 is 0 Å². The maximum Gasteiger partial charge on any atom is 0.221 e. The zero-order valence-electron chi connectivity index (χ0n) is 8.03. The maximum atomic E-state index is 8.58. The number of nitriles is 2. The van der Waals surface area contributed by atoms with Crippen molar-refractivity contribution in [3.63, 3.8) is 0 Å². The van der Waals surface area contributed by atoms with Crippen molar-refractivity contribution in [3.05, 3.63) is 0 Å². The van der Waals surface area contributed by atoms with E-state index >= 15 is 0 Å². The van der Waals surface area contributed by atoms with Gasteiger partial charge in [-0.3, -0.25) is 5.41 Å². The van der Waals surface area contributed by atoms with Crippen LogP contribution in [0.3, 0.4) is 0 Å². The molecule has 0 aromatic rings. The lowest BCUT2D eigenvalue weighted by Gasteiger charge is -2.23. The number of nitrogens with one attached hydrogen (secondary N) is 1. The van der Waals surface area contributed by atoms with Crippen LogP contribution in [-0.2, 0) is 0 Å². The Morgan fingerprint density at radius 2 is 1.57 bits per heavy atom. The molecule has 0 spiro atoms. The summed E-state index contributed by atoms with van der Waals surface area (Å²) < 4.78 is 0. The molecule has 1 fully saturated rings. The predicted octanol–water partition coefficient (Wildman–Crippen LogP) is 1.06. The molecule has 1 aliphatic heterocycles. The molecule has 1 heterocycles. The molecule has 0 radical (unpaired) electrons. The summed E-state index contributed by atoms with van der Waals surface area (Å²) in [6.07, 6.45) is 7.76. The van der Waals surface area contributed by atoms with Gasteiger partial charge in [-0.2, -0.15) is 10.5 Å². The number of guanidine groups is 1. The molecule has 1 N–H and O–H groups in total. The number of hydrogen-bond acceptors (Lipinski definition) is 3. The summed E-state index contributed by atoms with van der Waals surface area (Å²) in [5.41, 5.74) is 0. The topological polar surface area (TPSA) is 77.9 Å². The summed E-state index contributed by atoms with van der Waals surface area (Å²) in [5, 5.41) is 24.8. The summed E-state index contributed by atoms with van der Waals surface area (Å²) in [5.74, 6) is 0.0110. The summed E-state index contributed by atoms with van der Waals surface area (Å²) in [6, 6.07) is 0. The van der Waals surface area contributed by atoms with Crippen LogP contribution in [0, 0.1) is 28.3 Å². The summed E-state index contributed by atoms with van der Waals surface area (Å²) in [6.45, 7) is 1.55. The minimum Gasteiger partial charge on any atom is -0.341 e. The first-order valence-electron chi connectivity index (χ1n) is 4.72. The van der Waals surface area contributed by atoms with Gasteiger partial charge in [-0.25, -0.2) is 0 Å². The quantitative estimate of drug-likeness (QED) is 0.269. The van der Waals surface area contributed by atoms with Gasteiger partial charge in [-0.15, -0.1) is 4.90 Å². The molecule has 0 aliphatic carbocycles. The van der Waals surface area contributed by atoms with E-state index in [1.165, 1.54) is 12.8 Å². The highest BCUT2D eigenvalue weighted by atomic mass is 15.3. The van der Waals surface area contributed by atoms with Crippen LogP contribution in [0.5, 0.6) is 0 Å². The molecule has 1 saturated heterocycles. The molecule has 0 unspecified atom stereocenters. The number of hydrogen-bond donors (Lipinski definition) is 1. The molecule has 0 saturated carbocycles. The van der Waals surface area contributed by atoms with Crippen molar-refractivity contribution in [2.75, 3.05) is 13.1 Å². The standard InChI is InChI=1S/C9H13N5/c10-7-14(8-11)9(12)13-5-3-1-2-4-6-13/h12H,1-6H2. The highest BCUT2D eigenvalue weighted by Gasteiger charge is 2.17. The van der Waals surface area contributed by atoms with Crippen molar-refractivity contribution in [3.8, 4) is 12.4 Å². The van der Waals surface area contributed by atoms with E-state index in [9.17, 15) is 0 Å². The predicted molar refractivity (Wildman–Crippen MR) is 50.8 cm³/mol. The average Bonchev–Trinajstić information content (AvgIpc) is 2.47. The third-order valence-corrected chi connectivity index (χ3v) is 2.32. The van der Waals surface area contributed by atoms with Crippen molar-refractivity contribution >= 4 is 5.96 Å². The molecule has 1 rings (SSSR count). The van der Waals surface area contributed by atoms with Gasteiger partial charge in [0.25, 0.3) is 0 Å². The molecule has 5 nitrogen and oxygen atoms in total. The number of rotatable bonds is 0. The van der Waals surface area contributed by atoms with Crippen molar-refractivity contribution in [2.24, 2.45) is 0 Å². The minimum absolute atomic E-state index is 0.0110. The highest BCUT2D eigenvalue weighted by Crippen LogP contribution is 2.10. The number of likely N-dealkylation sites (tertiary alicyclic amines) is 1. The Labute approximate surface area is 83.6 Å². The molecule has 0 aromatic heterocycles. The Balaban J connectivity index is 2.59. The van der Waals surface area contributed by atoms with Gasteiger partial charge >= 0.3 is 0 Å². The second kappa shape index (κ2) is 5.08. The fourth-order valence-corrected chi connectivity index (χ4v) is 1.54. The van der Waals surface area contributed by atoms with Crippen molar-refractivity contribution in [2.45, 2.75) is 25.7 Å². The van der Waals surface area contributed by atoms with E-state index in [4.69, 9.17) is 15.9 Å². The minimum atomic E-state index is 0.0110. The molecule has 1 aliphatic rings. The van der Waals surface area contributed by atoms with E-state index in [1.807, 2.05) is 0 Å². The molecular formula is C9H13N5. The average molecular weight is 191 g/mol. The highest BCUT2D eigenvalue weighted by molar-refractivity contribution is 5.80. The normalized spacial score (nSPS) is 16.3. The van der Waals surface area contributed by atoms with E-state index in [0.717, 1.165) is 30.8 Å². The van der Waals surface area contributed by atoms with Gasteiger partial charge in [0.1, 0.15) is 0 Å². The Kier molecular flexibility index (Phi) is 3.75. The third-order valence-electron chi connectivity index (χ3n) is 2.32. The second-order valence-electron chi connectivity index (χ2n) is 3.26. The van der Waals surface area contributed by atoms with Gasteiger partial charge in [0, 0.05) is 13.1 Å². The van der Waals surface area contributed by atoms with E-state index < -0.39 is 0 Å². The van der Waals surface area contributed by atoms with Crippen molar-refractivity contribution in [1.82, 2.24) is 9.80 Å². The molecule has 0 amide bonds. The van der Waals surface area contributed by atoms with Gasteiger partial charge in [-0.05, 0) is 12.8 Å². The van der Waals surface area contributed by atoms with Gasteiger partial charge in [0.2, 0.25) is 18.3 Å². The SMILES string of the molecule is N#CN(C#N)C(=N)N1CCCCCC1. The number of nitrogens with zero attached hydrogens (tertiary/aromatic N) is 4. The molecular weight excluding hydrogens is 178 g/mol. The lowest BCUT2D eigenvalue weighted by molar-refractivity contribution is 0.397. The smallest absolute Gasteiger partial charge is 0.221 e. The first-order valence-corrected chi connectivity index (χ1v) is 4.72. The largest absolute Gasteiger partial charge is 0.341 e. The van der Waals surface area contributed by atoms with Crippen LogP contribution >= 0.6 is 0 Å². The van der Waals surface area contributed by atoms with Gasteiger partial charge < -0.3 is 4.90 Å². The van der Waals surface area contributed by atoms with Crippen LogP contribution in [0.2, 0.25) is 0 Å². The maximum absolute atomic E-state index is 8.58. The lowest BCUT2D eigenvalue weighted by atomic mass is 10.2. The first kappa shape index (κ1) is 10.3. The van der Waals surface area contributed by atoms with Gasteiger partial charge in [0.15, 0.2) is 0 Å². The second-order valence-corrected chi connectivity index (χ2v) is 3.26. The molecule has 0 aromatic carbocycles. The summed E-state index contributed by atoms with van der Waals surface area (Å²) >= 11 is 0. The molecule has 0 bridgehead atoms. The Hall–Kier alpha value is -1.75. The van der Waals surface area contributed by atoms with Crippen LogP contribution in [-0.4, -0.2) is 28.8 Å². The first-order chi connectivity index (χ1) is 6.79. The van der Waals surface area contributed by atoms with Crippen LogP contribution in [0.4, 0.5) is 0 Å². The summed E-state index contributed by atoms with van der Waals surface area (Å²) in [4.78, 5) is 2.53. The van der Waals surface area contributed by atoms with E-state index in [1.54, 1.807) is 17.3 Å². The Bertz CT molecular complexity index is 263. The van der Waals surface area contributed by atoms with E-state index in [-0.39, 0.29) is 5.96 Å². The Morgan fingerprint density at radius 1 is 1.07 bits per heavy atom. The molecule has 14 heavy (non-hydrogen) atoms.